The Balaban J connectivity index is 2.15. The molecule has 25 heavy (non-hydrogen) atoms. The van der Waals surface area contributed by atoms with Crippen molar-refractivity contribution < 1.29 is 42.9 Å². The lowest BCUT2D eigenvalue weighted by atomic mass is 10.2. The van der Waals surface area contributed by atoms with Crippen LogP contribution in [0.2, 0.25) is 0 Å². The van der Waals surface area contributed by atoms with E-state index in [1.54, 1.807) is 0 Å². The smallest absolute Gasteiger partial charge is 0.423 e. The van der Waals surface area contributed by atoms with Gasteiger partial charge in [-0.1, -0.05) is 0 Å². The first kappa shape index (κ1) is 16.6. The molecule has 1 amide bonds. The van der Waals surface area contributed by atoms with Gasteiger partial charge >= 0.3 is 35.9 Å². The molecule has 2 unspecified atom stereocenters. The molecule has 0 aromatic heterocycles. The Labute approximate surface area is 140 Å². The van der Waals surface area contributed by atoms with Crippen LogP contribution in [0.4, 0.5) is 4.79 Å². The molecule has 1 fully saturated rings. The number of carbonyl (C=O) groups is 5. The molecule has 11 heteroatoms. The Morgan fingerprint density at radius 3 is 2.08 bits per heavy atom. The number of ether oxygens (including phenoxy) is 4. The lowest BCUT2D eigenvalue weighted by molar-refractivity contribution is -0.347. The third-order valence-corrected chi connectivity index (χ3v) is 3.61. The van der Waals surface area contributed by atoms with E-state index in [9.17, 15) is 24.0 Å². The lowest BCUT2D eigenvalue weighted by Gasteiger charge is -2.49. The normalized spacial score (nSPS) is 32.9. The number of hydrogen-bond acceptors (Lipinski definition) is 10. The van der Waals surface area contributed by atoms with Crippen molar-refractivity contribution in [3.63, 3.8) is 0 Å². The van der Waals surface area contributed by atoms with Crippen molar-refractivity contribution in [2.45, 2.75) is 12.1 Å². The zero-order valence-corrected chi connectivity index (χ0v) is 12.9. The summed E-state index contributed by atoms with van der Waals surface area (Å²) in [6.07, 6.45) is 0.277. The summed E-state index contributed by atoms with van der Waals surface area (Å²) in [5.41, 5.74) is 0. The van der Waals surface area contributed by atoms with E-state index in [-0.39, 0.29) is 13.1 Å². The van der Waals surface area contributed by atoms with Gasteiger partial charge < -0.3 is 18.9 Å². The van der Waals surface area contributed by atoms with Gasteiger partial charge in [0.05, 0.1) is 0 Å². The maximum atomic E-state index is 12.3. The molecule has 11 nitrogen and oxygen atoms in total. The number of nitrogens with zero attached hydrogens (tertiary/aromatic N) is 2. The van der Waals surface area contributed by atoms with Crippen LogP contribution in [0.25, 0.3) is 0 Å². The van der Waals surface area contributed by atoms with E-state index >= 15 is 0 Å². The van der Waals surface area contributed by atoms with E-state index in [2.05, 4.69) is 4.74 Å². The van der Waals surface area contributed by atoms with E-state index in [1.165, 1.54) is 11.9 Å². The summed E-state index contributed by atoms with van der Waals surface area (Å²) >= 11 is 0. The summed E-state index contributed by atoms with van der Waals surface area (Å²) in [5, 5.41) is 0. The molecule has 0 bridgehead atoms. The quantitative estimate of drug-likeness (QED) is 0.293. The summed E-state index contributed by atoms with van der Waals surface area (Å²) in [5.74, 6) is -6.63. The van der Waals surface area contributed by atoms with Crippen LogP contribution in [-0.2, 0) is 38.1 Å². The number of rotatable bonds is 0. The van der Waals surface area contributed by atoms with Gasteiger partial charge in [0.25, 0.3) is 6.23 Å². The molecule has 0 aromatic carbocycles. The van der Waals surface area contributed by atoms with Crippen LogP contribution in [0, 0.1) is 0 Å². The van der Waals surface area contributed by atoms with Gasteiger partial charge in [0.15, 0.2) is 0 Å². The largest absolute Gasteiger partial charge is 0.432 e. The van der Waals surface area contributed by atoms with Crippen LogP contribution < -0.4 is 0 Å². The predicted molar refractivity (Wildman–Crippen MR) is 73.9 cm³/mol. The number of esters is 4. The van der Waals surface area contributed by atoms with Crippen molar-refractivity contribution in [1.82, 2.24) is 9.80 Å². The third kappa shape index (κ3) is 2.96. The molecule has 0 radical (unpaired) electrons. The SMILES string of the molecule is CN1CCN2C(=O)OC(=O)/C=C\C(=O)OC23OC(=O)/C=C\C(=O)OC13. The maximum absolute atomic E-state index is 12.3. The van der Waals surface area contributed by atoms with E-state index in [0.717, 1.165) is 12.2 Å². The van der Waals surface area contributed by atoms with Gasteiger partial charge in [-0.05, 0) is 7.05 Å². The predicted octanol–water partition coefficient (Wildman–Crippen LogP) is -1.35. The number of hydrogen-bond donors (Lipinski definition) is 0. The molecule has 3 heterocycles. The minimum Gasteiger partial charge on any atom is -0.432 e. The van der Waals surface area contributed by atoms with Gasteiger partial charge in [-0.25, -0.2) is 28.9 Å². The van der Waals surface area contributed by atoms with E-state index < -0.39 is 42.1 Å². The monoisotopic (exact) mass is 352 g/mol. The van der Waals surface area contributed by atoms with Crippen molar-refractivity contribution in [2.75, 3.05) is 20.1 Å². The Morgan fingerprint density at radius 1 is 0.880 bits per heavy atom. The number of carbonyl (C=O) groups excluding carboxylic acids is 5. The van der Waals surface area contributed by atoms with Crippen molar-refractivity contribution in [3.05, 3.63) is 24.3 Å². The molecule has 3 aliphatic heterocycles. The molecule has 3 rings (SSSR count). The average Bonchev–Trinajstić information content (AvgIpc) is 2.57. The van der Waals surface area contributed by atoms with Crippen molar-refractivity contribution >= 4 is 30.0 Å². The summed E-state index contributed by atoms with van der Waals surface area (Å²) in [4.78, 5) is 61.7. The molecule has 3 aliphatic rings. The second kappa shape index (κ2) is 6.02. The Morgan fingerprint density at radius 2 is 1.44 bits per heavy atom. The molecular weight excluding hydrogens is 340 g/mol. The average molecular weight is 352 g/mol. The summed E-state index contributed by atoms with van der Waals surface area (Å²) in [6.45, 7) is 0.0101. The minimum absolute atomic E-state index is 0.138. The van der Waals surface area contributed by atoms with Crippen LogP contribution >= 0.6 is 0 Å². The zero-order valence-electron chi connectivity index (χ0n) is 12.9. The van der Waals surface area contributed by atoms with Gasteiger partial charge in [0.2, 0.25) is 0 Å². The first-order valence-corrected chi connectivity index (χ1v) is 7.08. The molecule has 0 N–H and O–H groups in total. The van der Waals surface area contributed by atoms with Crippen LogP contribution in [0.5, 0.6) is 0 Å². The molecule has 1 spiro atoms. The highest BCUT2D eigenvalue weighted by molar-refractivity contribution is 5.98. The highest BCUT2D eigenvalue weighted by atomic mass is 16.8. The van der Waals surface area contributed by atoms with Gasteiger partial charge in [0, 0.05) is 37.4 Å². The van der Waals surface area contributed by atoms with Gasteiger partial charge in [-0.3, -0.25) is 4.90 Å². The maximum Gasteiger partial charge on any atom is 0.423 e. The van der Waals surface area contributed by atoms with Crippen LogP contribution in [0.15, 0.2) is 24.3 Å². The van der Waals surface area contributed by atoms with Gasteiger partial charge in [-0.2, -0.15) is 0 Å². The van der Waals surface area contributed by atoms with Gasteiger partial charge in [0.1, 0.15) is 0 Å². The number of likely N-dealkylation sites (N-methyl/N-ethyl adjacent to an activating group) is 1. The molecule has 132 valence electrons. The molecule has 0 saturated carbocycles. The number of piperazine rings is 1. The zero-order chi connectivity index (χ0) is 18.2. The summed E-state index contributed by atoms with van der Waals surface area (Å²) in [7, 11) is 1.50. The number of cyclic esters (lactones) is 2. The fourth-order valence-electron chi connectivity index (χ4n) is 2.51. The van der Waals surface area contributed by atoms with Crippen LogP contribution in [0.1, 0.15) is 0 Å². The van der Waals surface area contributed by atoms with E-state index in [1.807, 2.05) is 0 Å². The minimum atomic E-state index is -2.45. The van der Waals surface area contributed by atoms with Crippen molar-refractivity contribution in [2.24, 2.45) is 0 Å². The number of amides is 1. The Bertz CT molecular complexity index is 728. The highest BCUT2D eigenvalue weighted by Gasteiger charge is 2.61. The van der Waals surface area contributed by atoms with Crippen LogP contribution in [0.3, 0.4) is 0 Å². The van der Waals surface area contributed by atoms with E-state index in [4.69, 9.17) is 14.2 Å². The molecule has 2 atom stereocenters. The fourth-order valence-corrected chi connectivity index (χ4v) is 2.51. The lowest BCUT2D eigenvalue weighted by Crippen LogP contribution is -2.73. The molecule has 0 aromatic rings. The Hall–Kier alpha value is -3.21. The second-order valence-corrected chi connectivity index (χ2v) is 5.25. The molecule has 1 saturated heterocycles. The second-order valence-electron chi connectivity index (χ2n) is 5.25. The van der Waals surface area contributed by atoms with Crippen LogP contribution in [-0.4, -0.2) is 72.0 Å². The topological polar surface area (TPSA) is 129 Å². The molecular formula is C14H12N2O9. The first-order valence-electron chi connectivity index (χ1n) is 7.08. The standard InChI is InChI=1S/C14H12N2O9/c1-15-6-7-16-13(21)23-9(18)3-5-11(20)25-14(16)12(15)22-8(17)2-4-10(19)24-14/h2-5,12H,6-7H2,1H3/b4-2-,5-3-. The highest BCUT2D eigenvalue weighted by Crippen LogP contribution is 2.34. The summed E-state index contributed by atoms with van der Waals surface area (Å²) < 4.78 is 20.1. The Kier molecular flexibility index (Phi) is 4.00. The third-order valence-electron chi connectivity index (χ3n) is 3.61. The molecule has 0 aliphatic carbocycles. The summed E-state index contributed by atoms with van der Waals surface area (Å²) in [6, 6.07) is 0. The fraction of sp³-hybridized carbons (Fsp3) is 0.357. The van der Waals surface area contributed by atoms with E-state index in [0.29, 0.717) is 17.1 Å². The van der Waals surface area contributed by atoms with Crippen molar-refractivity contribution in [1.29, 1.82) is 0 Å². The van der Waals surface area contributed by atoms with Gasteiger partial charge in [-0.15, -0.1) is 0 Å². The first-order chi connectivity index (χ1) is 11.8. The van der Waals surface area contributed by atoms with Crippen molar-refractivity contribution in [3.8, 4) is 0 Å².